The van der Waals surface area contributed by atoms with Crippen molar-refractivity contribution in [3.05, 3.63) is 0 Å². The van der Waals surface area contributed by atoms with Crippen LogP contribution >= 0.6 is 7.82 Å². The summed E-state index contributed by atoms with van der Waals surface area (Å²) in [6.45, 7) is 0. The Morgan fingerprint density at radius 1 is 1.18 bits per heavy atom. The summed E-state index contributed by atoms with van der Waals surface area (Å²) in [6.07, 6.45) is 0. The van der Waals surface area contributed by atoms with E-state index in [0.29, 0.717) is 0 Å². The minimum atomic E-state index is -4.64. The maximum atomic E-state index is 8.88. The summed E-state index contributed by atoms with van der Waals surface area (Å²) >= 11 is 0. The summed E-state index contributed by atoms with van der Waals surface area (Å²) < 4.78 is 17.6. The van der Waals surface area contributed by atoms with Gasteiger partial charge in [-0.1, -0.05) is 0 Å². The quantitative estimate of drug-likeness (QED) is 0.218. The van der Waals surface area contributed by atoms with Crippen molar-refractivity contribution in [3.8, 4) is 0 Å². The number of rotatable bonds is 0. The third-order valence-electron chi connectivity index (χ3n) is 0. The van der Waals surface area contributed by atoms with Crippen LogP contribution in [0.3, 0.4) is 0 Å². The van der Waals surface area contributed by atoms with E-state index >= 15 is 0 Å². The minimum Gasteiger partial charge on any atom is -1.00 e. The first-order chi connectivity index (χ1) is 3.73. The van der Waals surface area contributed by atoms with Crippen LogP contribution in [0.15, 0.2) is 0 Å². The van der Waals surface area contributed by atoms with Crippen LogP contribution in [0.1, 0.15) is 2.85 Å². The Kier molecular flexibility index (Phi) is 25.7. The topological polar surface area (TPSA) is 135 Å². The van der Waals surface area contributed by atoms with Crippen molar-refractivity contribution < 1.29 is 62.4 Å². The average Bonchev–Trinajstić information content (AvgIpc) is 1.19. The molecule has 0 aromatic heterocycles. The molecule has 0 amide bonds. The molecule has 0 aromatic rings. The van der Waals surface area contributed by atoms with Crippen molar-refractivity contribution in [2.45, 2.75) is 0 Å². The van der Waals surface area contributed by atoms with E-state index in [2.05, 4.69) is 0 Å². The van der Waals surface area contributed by atoms with E-state index in [-0.39, 0.29) is 77.9 Å². The summed E-state index contributed by atoms with van der Waals surface area (Å²) in [6, 6.07) is 0. The van der Waals surface area contributed by atoms with Gasteiger partial charge in [-0.2, -0.15) is 0 Å². The van der Waals surface area contributed by atoms with Crippen LogP contribution in [0.4, 0.5) is 0 Å². The van der Waals surface area contributed by atoms with E-state index in [1.165, 1.54) is 0 Å². The average molecular weight is 407 g/mol. The fourth-order valence-electron chi connectivity index (χ4n) is 0. The molecule has 11 heavy (non-hydrogen) atoms. The zero-order valence-corrected chi connectivity index (χ0v) is 14.0. The molecule has 0 bridgehead atoms. The van der Waals surface area contributed by atoms with E-state index in [9.17, 15) is 0 Å². The molecule has 0 fully saturated rings. The molecular weight excluding hydrogens is 400 g/mol. The third-order valence-corrected chi connectivity index (χ3v) is 0. The first kappa shape index (κ1) is 23.2. The van der Waals surface area contributed by atoms with Crippen molar-refractivity contribution in [3.63, 3.8) is 0 Å². The largest absolute Gasteiger partial charge is 2.00 e. The van der Waals surface area contributed by atoms with Gasteiger partial charge in [0.05, 0.1) is 0 Å². The van der Waals surface area contributed by atoms with Crippen LogP contribution in [-0.4, -0.2) is 82.3 Å². The van der Waals surface area contributed by atoms with Crippen LogP contribution in [0.5, 0.6) is 0 Å². The van der Waals surface area contributed by atoms with Gasteiger partial charge in [0.15, 0.2) is 0 Å². The fourth-order valence-corrected chi connectivity index (χ4v) is 0. The van der Waals surface area contributed by atoms with Crippen LogP contribution in [0, 0.1) is 0 Å². The molecule has 5 N–H and O–H groups in total. The molecule has 0 aliphatic rings. The zero-order chi connectivity index (χ0) is 8.08. The molecule has 0 heterocycles. The molecule has 0 radical (unpaired) electrons. The Bertz CT molecular complexity index is 126. The molecule has 0 atom stereocenters. The van der Waals surface area contributed by atoms with Crippen molar-refractivity contribution in [2.75, 3.05) is 0 Å². The normalized spacial score (nSPS) is 7.55. The second-order valence-electron chi connectivity index (χ2n) is 0.796. The third kappa shape index (κ3) is 265. The van der Waals surface area contributed by atoms with Gasteiger partial charge < -0.3 is 27.1 Å². The summed E-state index contributed by atoms with van der Waals surface area (Å²) in [4.78, 5) is 35.9. The van der Waals surface area contributed by atoms with Gasteiger partial charge in [0.2, 0.25) is 0 Å². The van der Waals surface area contributed by atoms with E-state index < -0.39 is 17.0 Å². The summed E-state index contributed by atoms with van der Waals surface area (Å²) in [5.74, 6) is 0. The summed E-state index contributed by atoms with van der Waals surface area (Å²) in [7, 11) is -7.77. The number of phosphoric acid groups is 1. The van der Waals surface area contributed by atoms with Gasteiger partial charge in [-0.3, -0.25) is 4.46 Å². The Morgan fingerprint density at radius 2 is 1.18 bits per heavy atom. The van der Waals surface area contributed by atoms with Gasteiger partial charge >= 0.3 is 65.9 Å². The SMILES string of the molecule is O=P(O)(O)O.O=[Si](O)O.[Ba+2].[H-].[H-].[Zr]. The summed E-state index contributed by atoms with van der Waals surface area (Å²) in [5.41, 5.74) is 0. The van der Waals surface area contributed by atoms with Gasteiger partial charge in [-0.25, -0.2) is 4.57 Å². The standard InChI is InChI=1S/Ba.H3O4P.H2O3Si.Zr.2H/c;1-5(2,3)4;1-4(2)3;;;/h;(H3,1,2,3,4);1-2H;;;/q+2;;;;2*-1. The number of hydrogen-bond donors (Lipinski definition) is 5. The van der Waals surface area contributed by atoms with Crippen molar-refractivity contribution in [2.24, 2.45) is 0 Å². The first-order valence-corrected chi connectivity index (χ1v) is 4.30. The molecule has 0 unspecified atom stereocenters. The summed E-state index contributed by atoms with van der Waals surface area (Å²) in [5, 5.41) is 0. The molecule has 0 saturated carbocycles. The van der Waals surface area contributed by atoms with Gasteiger partial charge in [0, 0.05) is 26.2 Å². The van der Waals surface area contributed by atoms with E-state index in [0.717, 1.165) is 0 Å². The smallest absolute Gasteiger partial charge is 1.00 e. The van der Waals surface area contributed by atoms with Crippen LogP contribution in [0.25, 0.3) is 0 Å². The molecule has 0 rings (SSSR count). The van der Waals surface area contributed by atoms with Gasteiger partial charge in [0.1, 0.15) is 0 Å². The maximum Gasteiger partial charge on any atom is 2.00 e. The van der Waals surface area contributed by atoms with Gasteiger partial charge in [0.25, 0.3) is 0 Å². The Morgan fingerprint density at radius 3 is 1.18 bits per heavy atom. The predicted molar refractivity (Wildman–Crippen MR) is 33.1 cm³/mol. The van der Waals surface area contributed by atoms with Gasteiger partial charge in [-0.05, 0) is 0 Å². The van der Waals surface area contributed by atoms with Crippen LogP contribution < -0.4 is 0 Å². The predicted octanol–water partition coefficient (Wildman–Crippen LogP) is -2.70. The van der Waals surface area contributed by atoms with E-state index in [4.69, 9.17) is 33.3 Å². The Balaban J connectivity index is -0.0000000146. The molecule has 7 nitrogen and oxygen atoms in total. The number of hydrogen-bond acceptors (Lipinski definition) is 2. The molecule has 0 aliphatic heterocycles. The fraction of sp³-hybridized carbons (Fsp3) is 0. The maximum absolute atomic E-state index is 8.88. The Labute approximate surface area is 126 Å². The molecule has 0 saturated heterocycles. The molecule has 64 valence electrons. The van der Waals surface area contributed by atoms with Gasteiger partial charge in [-0.15, -0.1) is 0 Å². The zero-order valence-electron chi connectivity index (χ0n) is 7.21. The second-order valence-corrected chi connectivity index (χ2v) is 2.39. The monoisotopic (exact) mass is 406 g/mol. The van der Waals surface area contributed by atoms with E-state index in [1.807, 2.05) is 0 Å². The molecular formula is H7BaO7PSiZr. The molecule has 0 aliphatic carbocycles. The van der Waals surface area contributed by atoms with Crippen LogP contribution in [0.2, 0.25) is 0 Å². The molecule has 0 spiro atoms. The van der Waals surface area contributed by atoms with Crippen molar-refractivity contribution in [1.29, 1.82) is 0 Å². The van der Waals surface area contributed by atoms with Crippen molar-refractivity contribution >= 4 is 65.9 Å². The second kappa shape index (κ2) is 12.2. The molecule has 11 heteroatoms. The Hall–Kier alpha value is 2.18. The molecule has 0 aromatic carbocycles. The van der Waals surface area contributed by atoms with Crippen molar-refractivity contribution in [1.82, 2.24) is 0 Å². The van der Waals surface area contributed by atoms with E-state index in [1.54, 1.807) is 0 Å². The minimum absolute atomic E-state index is 0. The van der Waals surface area contributed by atoms with Crippen LogP contribution in [-0.2, 0) is 35.2 Å². The first-order valence-electron chi connectivity index (χ1n) is 1.43.